The van der Waals surface area contributed by atoms with Gasteiger partial charge in [0.05, 0.1) is 5.56 Å². The number of nitrogens with one attached hydrogen (secondary N) is 1. The Morgan fingerprint density at radius 3 is 2.60 bits per heavy atom. The van der Waals surface area contributed by atoms with Crippen molar-refractivity contribution in [1.82, 2.24) is 5.43 Å². The molecule has 8 heteroatoms. The summed E-state index contributed by atoms with van der Waals surface area (Å²) in [6, 6.07) is 2.18. The van der Waals surface area contributed by atoms with Crippen molar-refractivity contribution in [2.45, 2.75) is 32.0 Å². The third kappa shape index (κ3) is 4.09. The molecule has 112 valence electrons. The van der Waals surface area contributed by atoms with Crippen molar-refractivity contribution < 1.29 is 27.1 Å². The molecule has 0 saturated carbocycles. The van der Waals surface area contributed by atoms with E-state index < -0.39 is 29.6 Å². The van der Waals surface area contributed by atoms with Crippen molar-refractivity contribution in [1.29, 1.82) is 0 Å². The van der Waals surface area contributed by atoms with Gasteiger partial charge in [-0.05, 0) is 24.6 Å². The van der Waals surface area contributed by atoms with Crippen LogP contribution in [0.5, 0.6) is 5.75 Å². The maximum absolute atomic E-state index is 13.1. The number of alkyl halides is 3. The highest BCUT2D eigenvalue weighted by molar-refractivity contribution is 5.80. The van der Waals surface area contributed by atoms with Gasteiger partial charge in [-0.15, -0.1) is 0 Å². The van der Waals surface area contributed by atoms with Crippen LogP contribution in [-0.4, -0.2) is 12.0 Å². The van der Waals surface area contributed by atoms with Crippen molar-refractivity contribution in [3.8, 4) is 5.75 Å². The summed E-state index contributed by atoms with van der Waals surface area (Å²) >= 11 is 0. The number of carbonyl (C=O) groups excluding carboxylic acids is 1. The normalized spacial score (nSPS) is 12.9. The Kier molecular flexibility index (Phi) is 5.32. The number of ether oxygens (including phenoxy) is 1. The van der Waals surface area contributed by atoms with Crippen LogP contribution >= 0.6 is 0 Å². The molecule has 0 heterocycles. The number of rotatable bonds is 5. The summed E-state index contributed by atoms with van der Waals surface area (Å²) in [6.45, 7) is 1.77. The fourth-order valence-corrected chi connectivity index (χ4v) is 1.56. The van der Waals surface area contributed by atoms with Gasteiger partial charge in [0.25, 0.3) is 5.91 Å². The average Bonchev–Trinajstić information content (AvgIpc) is 2.38. The molecule has 1 atom stereocenters. The van der Waals surface area contributed by atoms with Gasteiger partial charge in [-0.2, -0.15) is 13.2 Å². The van der Waals surface area contributed by atoms with Crippen molar-refractivity contribution in [3.05, 3.63) is 29.6 Å². The van der Waals surface area contributed by atoms with Crippen LogP contribution in [0.4, 0.5) is 17.6 Å². The first-order valence-corrected chi connectivity index (χ1v) is 5.83. The average molecular weight is 294 g/mol. The predicted octanol–water partition coefficient (Wildman–Crippen LogP) is 2.38. The Bertz CT molecular complexity index is 477. The second-order valence-corrected chi connectivity index (χ2v) is 4.04. The van der Waals surface area contributed by atoms with Crippen LogP contribution in [0.3, 0.4) is 0 Å². The molecule has 1 aromatic carbocycles. The molecule has 1 aromatic rings. The van der Waals surface area contributed by atoms with Crippen LogP contribution in [0.15, 0.2) is 18.2 Å². The van der Waals surface area contributed by atoms with Crippen LogP contribution in [-0.2, 0) is 11.0 Å². The first kappa shape index (κ1) is 16.2. The second kappa shape index (κ2) is 6.56. The lowest BCUT2D eigenvalue weighted by Gasteiger charge is -2.18. The highest BCUT2D eigenvalue weighted by Gasteiger charge is 2.34. The zero-order valence-electron chi connectivity index (χ0n) is 10.6. The number of carbonyl (C=O) groups is 1. The molecule has 0 aliphatic rings. The minimum absolute atomic E-state index is 0.249. The number of hydrazine groups is 1. The van der Waals surface area contributed by atoms with Crippen molar-refractivity contribution in [2.24, 2.45) is 5.84 Å². The summed E-state index contributed by atoms with van der Waals surface area (Å²) in [6.07, 6.45) is -5.04. The van der Waals surface area contributed by atoms with Crippen LogP contribution in [0.25, 0.3) is 0 Å². The number of hydrogen-bond donors (Lipinski definition) is 2. The molecular formula is C12H14F4N2O2. The van der Waals surface area contributed by atoms with Gasteiger partial charge < -0.3 is 4.74 Å². The minimum atomic E-state index is -4.83. The highest BCUT2D eigenvalue weighted by Crippen LogP contribution is 2.33. The lowest BCUT2D eigenvalue weighted by Crippen LogP contribution is -2.42. The minimum Gasteiger partial charge on any atom is -0.481 e. The van der Waals surface area contributed by atoms with Gasteiger partial charge in [0.15, 0.2) is 6.10 Å². The number of amides is 1. The molecule has 1 amide bonds. The van der Waals surface area contributed by atoms with E-state index in [0.29, 0.717) is 18.6 Å². The molecule has 0 bridgehead atoms. The Morgan fingerprint density at radius 2 is 2.10 bits per heavy atom. The van der Waals surface area contributed by atoms with Gasteiger partial charge in [-0.1, -0.05) is 13.3 Å². The van der Waals surface area contributed by atoms with E-state index in [-0.39, 0.29) is 12.2 Å². The van der Waals surface area contributed by atoms with Crippen LogP contribution < -0.4 is 16.0 Å². The molecule has 1 unspecified atom stereocenters. The predicted molar refractivity (Wildman–Crippen MR) is 63.1 cm³/mol. The van der Waals surface area contributed by atoms with Gasteiger partial charge in [-0.25, -0.2) is 10.2 Å². The third-order valence-corrected chi connectivity index (χ3v) is 2.51. The first-order valence-electron chi connectivity index (χ1n) is 5.83. The molecule has 20 heavy (non-hydrogen) atoms. The SMILES string of the molecule is CCCC(Oc1ccc(F)c(C(F)(F)F)c1)C(=O)NN. The topological polar surface area (TPSA) is 64.3 Å². The number of halogens is 4. The van der Waals surface area contributed by atoms with E-state index in [1.807, 2.05) is 5.43 Å². The van der Waals surface area contributed by atoms with E-state index in [2.05, 4.69) is 0 Å². The second-order valence-electron chi connectivity index (χ2n) is 4.04. The summed E-state index contributed by atoms with van der Waals surface area (Å²) in [4.78, 5) is 11.4. The van der Waals surface area contributed by atoms with Crippen LogP contribution in [0.1, 0.15) is 25.3 Å². The monoisotopic (exact) mass is 294 g/mol. The molecule has 0 aliphatic heterocycles. The van der Waals surface area contributed by atoms with Crippen LogP contribution in [0, 0.1) is 5.82 Å². The molecule has 1 rings (SSSR count). The van der Waals surface area contributed by atoms with E-state index in [9.17, 15) is 22.4 Å². The molecule has 0 spiro atoms. The van der Waals surface area contributed by atoms with E-state index in [0.717, 1.165) is 6.07 Å². The van der Waals surface area contributed by atoms with Crippen LogP contribution in [0.2, 0.25) is 0 Å². The van der Waals surface area contributed by atoms with E-state index >= 15 is 0 Å². The molecule has 0 aliphatic carbocycles. The lowest BCUT2D eigenvalue weighted by atomic mass is 10.1. The zero-order chi connectivity index (χ0) is 15.3. The Labute approximate surface area is 112 Å². The fourth-order valence-electron chi connectivity index (χ4n) is 1.56. The van der Waals surface area contributed by atoms with E-state index in [1.54, 1.807) is 6.92 Å². The highest BCUT2D eigenvalue weighted by atomic mass is 19.4. The summed E-state index contributed by atoms with van der Waals surface area (Å²) < 4.78 is 55.9. The summed E-state index contributed by atoms with van der Waals surface area (Å²) in [5.41, 5.74) is 0.420. The molecule has 3 N–H and O–H groups in total. The Hall–Kier alpha value is -1.83. The number of benzene rings is 1. The summed E-state index contributed by atoms with van der Waals surface area (Å²) in [5, 5.41) is 0. The number of hydrogen-bond acceptors (Lipinski definition) is 3. The first-order chi connectivity index (χ1) is 9.29. The fraction of sp³-hybridized carbons (Fsp3) is 0.417. The molecule has 4 nitrogen and oxygen atoms in total. The standard InChI is InChI=1S/C12H14F4N2O2/c1-2-3-10(11(19)18-17)20-7-4-5-9(13)8(6-7)12(14,15)16/h4-6,10H,2-3,17H2,1H3,(H,18,19). The van der Waals surface area contributed by atoms with Gasteiger partial charge >= 0.3 is 6.18 Å². The Morgan fingerprint density at radius 1 is 1.45 bits per heavy atom. The van der Waals surface area contributed by atoms with Gasteiger partial charge in [0.1, 0.15) is 11.6 Å². The van der Waals surface area contributed by atoms with Gasteiger partial charge in [-0.3, -0.25) is 10.2 Å². The van der Waals surface area contributed by atoms with Gasteiger partial charge in [0.2, 0.25) is 0 Å². The molecule has 0 fully saturated rings. The zero-order valence-corrected chi connectivity index (χ0v) is 10.6. The largest absolute Gasteiger partial charge is 0.481 e. The smallest absolute Gasteiger partial charge is 0.419 e. The van der Waals surface area contributed by atoms with Crippen molar-refractivity contribution >= 4 is 5.91 Å². The molecule has 0 radical (unpaired) electrons. The van der Waals surface area contributed by atoms with Crippen molar-refractivity contribution in [3.63, 3.8) is 0 Å². The Balaban J connectivity index is 2.99. The molecule has 0 aromatic heterocycles. The molecular weight excluding hydrogens is 280 g/mol. The maximum atomic E-state index is 13.1. The van der Waals surface area contributed by atoms with E-state index in [4.69, 9.17) is 10.6 Å². The summed E-state index contributed by atoms with van der Waals surface area (Å²) in [7, 11) is 0. The van der Waals surface area contributed by atoms with Crippen molar-refractivity contribution in [2.75, 3.05) is 0 Å². The summed E-state index contributed by atoms with van der Waals surface area (Å²) in [5.74, 6) is 2.65. The lowest BCUT2D eigenvalue weighted by molar-refractivity contribution is -0.140. The maximum Gasteiger partial charge on any atom is 0.419 e. The third-order valence-electron chi connectivity index (χ3n) is 2.51. The van der Waals surface area contributed by atoms with E-state index in [1.165, 1.54) is 0 Å². The quantitative estimate of drug-likeness (QED) is 0.379. The van der Waals surface area contributed by atoms with Gasteiger partial charge in [0, 0.05) is 0 Å². The molecule has 0 saturated heterocycles. The number of nitrogens with two attached hydrogens (primary N) is 1.